The molecule has 2 rings (SSSR count). The van der Waals surface area contributed by atoms with Gasteiger partial charge in [-0.05, 0) is 42.8 Å². The van der Waals surface area contributed by atoms with Gasteiger partial charge in [-0.25, -0.2) is 0 Å². The Hall–Kier alpha value is -2.55. The van der Waals surface area contributed by atoms with Gasteiger partial charge in [-0.1, -0.05) is 30.3 Å². The van der Waals surface area contributed by atoms with E-state index >= 15 is 0 Å². The van der Waals surface area contributed by atoms with Gasteiger partial charge in [0.05, 0.1) is 7.11 Å². The standard InChI is InChI=1S/C18H19NO2/c1-3-19(16-7-5-4-6-8-16)18(20)14-11-15-9-12-17(21-2)13-10-15/h4-14H,3H2,1-2H3/b14-11+. The fourth-order valence-electron chi connectivity index (χ4n) is 2.05. The molecule has 0 atom stereocenters. The van der Waals surface area contributed by atoms with Gasteiger partial charge in [-0.15, -0.1) is 0 Å². The molecule has 3 heteroatoms. The number of amides is 1. The quantitative estimate of drug-likeness (QED) is 0.781. The summed E-state index contributed by atoms with van der Waals surface area (Å²) in [5.74, 6) is 0.775. The minimum atomic E-state index is -0.0282. The monoisotopic (exact) mass is 281 g/mol. The van der Waals surface area contributed by atoms with Crippen LogP contribution in [-0.4, -0.2) is 19.6 Å². The van der Waals surface area contributed by atoms with E-state index in [-0.39, 0.29) is 5.91 Å². The Morgan fingerprint density at radius 2 is 1.76 bits per heavy atom. The molecule has 0 bridgehead atoms. The highest BCUT2D eigenvalue weighted by Crippen LogP contribution is 2.15. The highest BCUT2D eigenvalue weighted by atomic mass is 16.5. The number of hydrogen-bond acceptors (Lipinski definition) is 2. The van der Waals surface area contributed by atoms with Crippen LogP contribution < -0.4 is 9.64 Å². The van der Waals surface area contributed by atoms with Gasteiger partial charge in [0.1, 0.15) is 5.75 Å². The number of benzene rings is 2. The summed E-state index contributed by atoms with van der Waals surface area (Å²) < 4.78 is 5.11. The Labute approximate surface area is 125 Å². The van der Waals surface area contributed by atoms with Crippen molar-refractivity contribution in [1.29, 1.82) is 0 Å². The van der Waals surface area contributed by atoms with Crippen LogP contribution in [0, 0.1) is 0 Å². The van der Waals surface area contributed by atoms with Crippen molar-refractivity contribution in [1.82, 2.24) is 0 Å². The number of likely N-dealkylation sites (N-methyl/N-ethyl adjacent to an activating group) is 1. The first-order chi connectivity index (χ1) is 10.2. The van der Waals surface area contributed by atoms with E-state index in [2.05, 4.69) is 0 Å². The fourth-order valence-corrected chi connectivity index (χ4v) is 2.05. The third kappa shape index (κ3) is 3.96. The largest absolute Gasteiger partial charge is 0.497 e. The van der Waals surface area contributed by atoms with Crippen molar-refractivity contribution in [3.63, 3.8) is 0 Å². The summed E-state index contributed by atoms with van der Waals surface area (Å²) in [6.45, 7) is 2.60. The molecule has 108 valence electrons. The minimum Gasteiger partial charge on any atom is -0.497 e. The SMILES string of the molecule is CCN(C(=O)/C=C/c1ccc(OC)cc1)c1ccccc1. The number of carbonyl (C=O) groups is 1. The molecule has 0 unspecified atom stereocenters. The average molecular weight is 281 g/mol. The number of hydrogen-bond donors (Lipinski definition) is 0. The van der Waals surface area contributed by atoms with E-state index in [1.165, 1.54) is 0 Å². The maximum absolute atomic E-state index is 12.3. The van der Waals surface area contributed by atoms with E-state index in [1.54, 1.807) is 18.1 Å². The van der Waals surface area contributed by atoms with Crippen LogP contribution in [0.2, 0.25) is 0 Å². The zero-order chi connectivity index (χ0) is 15.1. The summed E-state index contributed by atoms with van der Waals surface area (Å²) in [5.41, 5.74) is 1.87. The highest BCUT2D eigenvalue weighted by molar-refractivity contribution is 6.03. The molecule has 0 saturated heterocycles. The normalized spacial score (nSPS) is 10.6. The lowest BCUT2D eigenvalue weighted by Gasteiger charge is -2.19. The van der Waals surface area contributed by atoms with Crippen LogP contribution in [0.1, 0.15) is 12.5 Å². The Morgan fingerprint density at radius 3 is 2.33 bits per heavy atom. The molecule has 3 nitrogen and oxygen atoms in total. The van der Waals surface area contributed by atoms with Crippen LogP contribution in [-0.2, 0) is 4.79 Å². The van der Waals surface area contributed by atoms with Crippen molar-refractivity contribution in [3.8, 4) is 5.75 Å². The molecule has 1 amide bonds. The molecule has 0 heterocycles. The third-order valence-corrected chi connectivity index (χ3v) is 3.18. The Balaban J connectivity index is 2.09. The zero-order valence-corrected chi connectivity index (χ0v) is 12.3. The van der Waals surface area contributed by atoms with Crippen LogP contribution in [0.4, 0.5) is 5.69 Å². The number of anilines is 1. The van der Waals surface area contributed by atoms with Crippen molar-refractivity contribution >= 4 is 17.7 Å². The molecule has 0 aliphatic rings. The molecule has 0 aromatic heterocycles. The lowest BCUT2D eigenvalue weighted by Crippen LogP contribution is -2.28. The van der Waals surface area contributed by atoms with Gasteiger partial charge in [-0.3, -0.25) is 4.79 Å². The number of ether oxygens (including phenoxy) is 1. The maximum Gasteiger partial charge on any atom is 0.250 e. The number of nitrogens with zero attached hydrogens (tertiary/aromatic N) is 1. The molecule has 21 heavy (non-hydrogen) atoms. The zero-order valence-electron chi connectivity index (χ0n) is 12.3. The predicted octanol–water partition coefficient (Wildman–Crippen LogP) is 3.76. The van der Waals surface area contributed by atoms with E-state index in [9.17, 15) is 4.79 Å². The number of methoxy groups -OCH3 is 1. The Bertz CT molecular complexity index is 603. The van der Waals surface area contributed by atoms with Crippen LogP contribution in [0.5, 0.6) is 5.75 Å². The summed E-state index contributed by atoms with van der Waals surface area (Å²) >= 11 is 0. The number of carbonyl (C=O) groups excluding carboxylic acids is 1. The Morgan fingerprint density at radius 1 is 1.10 bits per heavy atom. The molecule has 2 aromatic rings. The van der Waals surface area contributed by atoms with Gasteiger partial charge < -0.3 is 9.64 Å². The van der Waals surface area contributed by atoms with Gasteiger partial charge in [-0.2, -0.15) is 0 Å². The molecule has 0 saturated carbocycles. The van der Waals surface area contributed by atoms with Crippen LogP contribution >= 0.6 is 0 Å². The van der Waals surface area contributed by atoms with Crippen LogP contribution in [0.15, 0.2) is 60.7 Å². The lowest BCUT2D eigenvalue weighted by atomic mass is 10.2. The molecule has 0 N–H and O–H groups in total. The number of para-hydroxylation sites is 1. The molecule has 0 radical (unpaired) electrons. The van der Waals surface area contributed by atoms with Crippen molar-refractivity contribution in [3.05, 3.63) is 66.2 Å². The van der Waals surface area contributed by atoms with E-state index in [4.69, 9.17) is 4.74 Å². The van der Waals surface area contributed by atoms with Gasteiger partial charge in [0.15, 0.2) is 0 Å². The molecule has 0 aliphatic carbocycles. The fraction of sp³-hybridized carbons (Fsp3) is 0.167. The lowest BCUT2D eigenvalue weighted by molar-refractivity contribution is -0.114. The van der Waals surface area contributed by atoms with Crippen LogP contribution in [0.3, 0.4) is 0 Å². The first-order valence-corrected chi connectivity index (χ1v) is 6.93. The molecular formula is C18H19NO2. The molecule has 0 fully saturated rings. The van der Waals surface area contributed by atoms with E-state index < -0.39 is 0 Å². The predicted molar refractivity (Wildman–Crippen MR) is 86.5 cm³/mol. The van der Waals surface area contributed by atoms with Gasteiger partial charge in [0, 0.05) is 18.3 Å². The van der Waals surface area contributed by atoms with Gasteiger partial charge in [0.2, 0.25) is 0 Å². The maximum atomic E-state index is 12.3. The minimum absolute atomic E-state index is 0.0282. The van der Waals surface area contributed by atoms with E-state index in [0.29, 0.717) is 6.54 Å². The summed E-state index contributed by atoms with van der Waals surface area (Å²) in [6.07, 6.45) is 3.41. The van der Waals surface area contributed by atoms with Crippen molar-refractivity contribution in [2.75, 3.05) is 18.6 Å². The van der Waals surface area contributed by atoms with Gasteiger partial charge >= 0.3 is 0 Å². The topological polar surface area (TPSA) is 29.5 Å². The second-order valence-electron chi connectivity index (χ2n) is 4.52. The summed E-state index contributed by atoms with van der Waals surface area (Å²) in [7, 11) is 1.63. The summed E-state index contributed by atoms with van der Waals surface area (Å²) in [5, 5.41) is 0. The summed E-state index contributed by atoms with van der Waals surface area (Å²) in [6, 6.07) is 17.2. The third-order valence-electron chi connectivity index (χ3n) is 3.18. The smallest absolute Gasteiger partial charge is 0.250 e. The highest BCUT2D eigenvalue weighted by Gasteiger charge is 2.09. The molecule has 0 aliphatic heterocycles. The van der Waals surface area contributed by atoms with Crippen molar-refractivity contribution in [2.45, 2.75) is 6.92 Å². The van der Waals surface area contributed by atoms with E-state index in [0.717, 1.165) is 17.0 Å². The molecular weight excluding hydrogens is 262 g/mol. The van der Waals surface area contributed by atoms with Crippen LogP contribution in [0.25, 0.3) is 6.08 Å². The van der Waals surface area contributed by atoms with Crippen molar-refractivity contribution < 1.29 is 9.53 Å². The van der Waals surface area contributed by atoms with Gasteiger partial charge in [0.25, 0.3) is 5.91 Å². The summed E-state index contributed by atoms with van der Waals surface area (Å²) in [4.78, 5) is 14.0. The van der Waals surface area contributed by atoms with Crippen molar-refractivity contribution in [2.24, 2.45) is 0 Å². The first kappa shape index (κ1) is 14.9. The second kappa shape index (κ2) is 7.29. The first-order valence-electron chi connectivity index (χ1n) is 6.93. The van der Waals surface area contributed by atoms with E-state index in [1.807, 2.05) is 67.6 Å². The molecule has 2 aromatic carbocycles. The molecule has 0 spiro atoms. The average Bonchev–Trinajstić information content (AvgIpc) is 2.55. The second-order valence-corrected chi connectivity index (χ2v) is 4.52. The Kier molecular flexibility index (Phi) is 5.16. The number of rotatable bonds is 5.